The molecule has 0 aliphatic carbocycles. The third kappa shape index (κ3) is 1.88. The number of hydrogen-bond donors (Lipinski definition) is 1. The first kappa shape index (κ1) is 16.0. The second-order valence-electron chi connectivity index (χ2n) is 7.98. The van der Waals surface area contributed by atoms with Gasteiger partial charge in [-0.3, -0.25) is 24.4 Å². The van der Waals surface area contributed by atoms with E-state index in [0.717, 1.165) is 29.9 Å². The Labute approximate surface area is 162 Å². The number of carbonyl (C=O) groups is 2. The van der Waals surface area contributed by atoms with Crippen molar-refractivity contribution in [2.24, 2.45) is 11.8 Å². The van der Waals surface area contributed by atoms with E-state index in [1.165, 1.54) is 15.8 Å². The zero-order valence-corrected chi connectivity index (χ0v) is 15.5. The van der Waals surface area contributed by atoms with Crippen molar-refractivity contribution in [3.05, 3.63) is 65.6 Å². The number of H-pyrrole nitrogens is 1. The quantitative estimate of drug-likeness (QED) is 0.666. The number of benzene rings is 1. The fourth-order valence-corrected chi connectivity index (χ4v) is 5.62. The van der Waals surface area contributed by atoms with Crippen molar-refractivity contribution >= 4 is 22.7 Å². The first-order valence-corrected chi connectivity index (χ1v) is 9.74. The highest BCUT2D eigenvalue weighted by atomic mass is 16.2. The molecular formula is C22H20N4O2. The number of para-hydroxylation sites is 1. The van der Waals surface area contributed by atoms with Crippen LogP contribution in [0.5, 0.6) is 0 Å². The SMILES string of the molecule is CN1C(=O)[C@@H]2[C@H](C1=O)[C@@H]1c3[nH]c4ccccc4c3CCN1[C@H]2c1ccccn1. The number of likely N-dealkylation sites (tertiary alicyclic amines) is 1. The number of hydrogen-bond acceptors (Lipinski definition) is 4. The number of pyridine rings is 1. The summed E-state index contributed by atoms with van der Waals surface area (Å²) in [6.45, 7) is 0.817. The molecule has 2 saturated heterocycles. The summed E-state index contributed by atoms with van der Waals surface area (Å²) in [5.41, 5.74) is 4.35. The van der Waals surface area contributed by atoms with Gasteiger partial charge in [0.1, 0.15) is 0 Å². The van der Waals surface area contributed by atoms with E-state index >= 15 is 0 Å². The summed E-state index contributed by atoms with van der Waals surface area (Å²) in [6.07, 6.45) is 2.66. The molecule has 1 N–H and O–H groups in total. The predicted molar refractivity (Wildman–Crippen MR) is 103 cm³/mol. The maximum Gasteiger partial charge on any atom is 0.234 e. The lowest BCUT2D eigenvalue weighted by atomic mass is 9.85. The summed E-state index contributed by atoms with van der Waals surface area (Å²) < 4.78 is 0. The smallest absolute Gasteiger partial charge is 0.234 e. The molecule has 6 heteroatoms. The van der Waals surface area contributed by atoms with Crippen LogP contribution in [-0.4, -0.2) is 45.2 Å². The van der Waals surface area contributed by atoms with E-state index in [0.29, 0.717) is 0 Å². The molecule has 0 radical (unpaired) electrons. The number of nitrogens with zero attached hydrogens (tertiary/aromatic N) is 3. The van der Waals surface area contributed by atoms with Crippen molar-refractivity contribution in [3.63, 3.8) is 0 Å². The van der Waals surface area contributed by atoms with Crippen LogP contribution in [0, 0.1) is 11.8 Å². The molecule has 2 aromatic heterocycles. The summed E-state index contributed by atoms with van der Waals surface area (Å²) in [4.78, 5) is 37.9. The van der Waals surface area contributed by atoms with Crippen LogP contribution in [0.2, 0.25) is 0 Å². The van der Waals surface area contributed by atoms with Crippen molar-refractivity contribution < 1.29 is 9.59 Å². The maximum atomic E-state index is 13.1. The second kappa shape index (κ2) is 5.52. The predicted octanol–water partition coefficient (Wildman–Crippen LogP) is 2.45. The lowest BCUT2D eigenvalue weighted by Crippen LogP contribution is -2.40. The number of imide groups is 1. The summed E-state index contributed by atoms with van der Waals surface area (Å²) >= 11 is 0. The van der Waals surface area contributed by atoms with E-state index < -0.39 is 0 Å². The van der Waals surface area contributed by atoms with Gasteiger partial charge in [-0.2, -0.15) is 0 Å². The highest BCUT2D eigenvalue weighted by molar-refractivity contribution is 6.06. The van der Waals surface area contributed by atoms with Crippen molar-refractivity contribution in [3.8, 4) is 0 Å². The van der Waals surface area contributed by atoms with Gasteiger partial charge < -0.3 is 4.98 Å². The number of rotatable bonds is 1. The molecule has 3 aliphatic rings. The highest BCUT2D eigenvalue weighted by Gasteiger charge is 2.63. The standard InChI is InChI=1S/C22H20N4O2/c1-25-21(27)16-17(22(25)28)20-18-13(12-6-2-3-7-14(12)24-18)9-11-26(20)19(16)15-8-4-5-10-23-15/h2-8,10,16-17,19-20,24H,9,11H2,1H3/t16-,17+,19+,20-/m1/s1. The van der Waals surface area contributed by atoms with Gasteiger partial charge in [-0.25, -0.2) is 0 Å². The number of amides is 2. The molecule has 0 unspecified atom stereocenters. The lowest BCUT2D eigenvalue weighted by Gasteiger charge is -2.36. The fraction of sp³-hybridized carbons (Fsp3) is 0.318. The Morgan fingerprint density at radius 2 is 1.75 bits per heavy atom. The van der Waals surface area contributed by atoms with Crippen LogP contribution < -0.4 is 0 Å². The Morgan fingerprint density at radius 1 is 1.00 bits per heavy atom. The molecule has 4 atom stereocenters. The Bertz CT molecular complexity index is 1120. The van der Waals surface area contributed by atoms with Gasteiger partial charge in [0.25, 0.3) is 0 Å². The molecule has 0 saturated carbocycles. The number of carbonyl (C=O) groups excluding carboxylic acids is 2. The zero-order valence-electron chi connectivity index (χ0n) is 15.5. The zero-order chi connectivity index (χ0) is 19.0. The van der Waals surface area contributed by atoms with Crippen LogP contribution >= 0.6 is 0 Å². The van der Waals surface area contributed by atoms with Crippen LogP contribution in [0.1, 0.15) is 29.0 Å². The third-order valence-corrected chi connectivity index (χ3v) is 6.77. The lowest BCUT2D eigenvalue weighted by molar-refractivity contribution is -0.140. The monoisotopic (exact) mass is 372 g/mol. The molecular weight excluding hydrogens is 352 g/mol. The molecule has 0 bridgehead atoms. The van der Waals surface area contributed by atoms with E-state index in [2.05, 4.69) is 33.1 Å². The van der Waals surface area contributed by atoms with Crippen LogP contribution in [0.3, 0.4) is 0 Å². The summed E-state index contributed by atoms with van der Waals surface area (Å²) in [7, 11) is 1.61. The van der Waals surface area contributed by atoms with Gasteiger partial charge in [0.15, 0.2) is 0 Å². The molecule has 6 rings (SSSR count). The Kier molecular flexibility index (Phi) is 3.15. The van der Waals surface area contributed by atoms with Crippen LogP contribution in [0.4, 0.5) is 0 Å². The van der Waals surface area contributed by atoms with Crippen LogP contribution in [0.15, 0.2) is 48.7 Å². The van der Waals surface area contributed by atoms with E-state index in [1.54, 1.807) is 13.2 Å². The molecule has 140 valence electrons. The van der Waals surface area contributed by atoms with Gasteiger partial charge in [-0.1, -0.05) is 24.3 Å². The third-order valence-electron chi connectivity index (χ3n) is 6.77. The number of aromatic nitrogens is 2. The van der Waals surface area contributed by atoms with E-state index in [9.17, 15) is 9.59 Å². The van der Waals surface area contributed by atoms with E-state index in [1.807, 2.05) is 24.3 Å². The van der Waals surface area contributed by atoms with E-state index in [4.69, 9.17) is 0 Å². The first-order chi connectivity index (χ1) is 13.7. The van der Waals surface area contributed by atoms with Gasteiger partial charge in [0, 0.05) is 36.4 Å². The topological polar surface area (TPSA) is 69.3 Å². The Hall–Kier alpha value is -2.99. The van der Waals surface area contributed by atoms with Crippen molar-refractivity contribution in [1.82, 2.24) is 19.8 Å². The van der Waals surface area contributed by atoms with Gasteiger partial charge in [0.05, 0.1) is 29.6 Å². The molecule has 5 heterocycles. The first-order valence-electron chi connectivity index (χ1n) is 9.74. The molecule has 3 aromatic rings. The van der Waals surface area contributed by atoms with Gasteiger partial charge in [-0.05, 0) is 30.2 Å². The molecule has 28 heavy (non-hydrogen) atoms. The number of nitrogens with one attached hydrogen (secondary N) is 1. The largest absolute Gasteiger partial charge is 0.357 e. The van der Waals surface area contributed by atoms with Crippen LogP contribution in [0.25, 0.3) is 10.9 Å². The van der Waals surface area contributed by atoms with Gasteiger partial charge in [0.2, 0.25) is 11.8 Å². The molecule has 1 aromatic carbocycles. The highest BCUT2D eigenvalue weighted by Crippen LogP contribution is 2.57. The van der Waals surface area contributed by atoms with Crippen LogP contribution in [-0.2, 0) is 16.0 Å². The Morgan fingerprint density at radius 3 is 2.54 bits per heavy atom. The van der Waals surface area contributed by atoms with E-state index in [-0.39, 0.29) is 35.7 Å². The fourth-order valence-electron chi connectivity index (χ4n) is 5.62. The van der Waals surface area contributed by atoms with Gasteiger partial charge in [-0.15, -0.1) is 0 Å². The minimum Gasteiger partial charge on any atom is -0.357 e. The van der Waals surface area contributed by atoms with Crippen molar-refractivity contribution in [2.45, 2.75) is 18.5 Å². The second-order valence-corrected chi connectivity index (χ2v) is 7.98. The maximum absolute atomic E-state index is 13.1. The summed E-state index contributed by atoms with van der Waals surface area (Å²) in [6, 6.07) is 13.8. The number of aromatic amines is 1. The molecule has 2 fully saturated rings. The molecule has 6 nitrogen and oxygen atoms in total. The van der Waals surface area contributed by atoms with Crippen molar-refractivity contribution in [1.29, 1.82) is 0 Å². The minimum atomic E-state index is -0.380. The minimum absolute atomic E-state index is 0.0741. The number of fused-ring (bicyclic) bond motifs is 7. The molecule has 3 aliphatic heterocycles. The van der Waals surface area contributed by atoms with Gasteiger partial charge >= 0.3 is 0 Å². The summed E-state index contributed by atoms with van der Waals surface area (Å²) in [5.74, 6) is -0.904. The van der Waals surface area contributed by atoms with Crippen molar-refractivity contribution in [2.75, 3.05) is 13.6 Å². The molecule has 2 amide bonds. The normalized spacial score (nSPS) is 29.2. The molecule has 0 spiro atoms. The average molecular weight is 372 g/mol. The Balaban J connectivity index is 1.57. The summed E-state index contributed by atoms with van der Waals surface area (Å²) in [5, 5.41) is 1.22. The average Bonchev–Trinajstić information content (AvgIpc) is 3.34.